The molecule has 1 unspecified atom stereocenters. The Labute approximate surface area is 128 Å². The number of ether oxygens (including phenoxy) is 1. The van der Waals surface area contributed by atoms with Crippen LogP contribution in [0.4, 0.5) is 0 Å². The van der Waals surface area contributed by atoms with Crippen molar-refractivity contribution in [3.8, 4) is 5.75 Å². The van der Waals surface area contributed by atoms with Gasteiger partial charge in [0, 0.05) is 25.9 Å². The van der Waals surface area contributed by atoms with Crippen molar-refractivity contribution in [1.82, 2.24) is 9.80 Å². The summed E-state index contributed by atoms with van der Waals surface area (Å²) in [5.41, 5.74) is 0. The lowest BCUT2D eigenvalue weighted by atomic mass is 10.1. The molecule has 3 rings (SSSR count). The summed E-state index contributed by atoms with van der Waals surface area (Å²) in [5.74, 6) is 0.260. The van der Waals surface area contributed by atoms with Crippen LogP contribution in [0.25, 0.3) is 0 Å². The van der Waals surface area contributed by atoms with Crippen molar-refractivity contribution in [3.05, 3.63) is 30.3 Å². The molecule has 0 radical (unpaired) electrons. The Morgan fingerprint density at radius 2 is 1.73 bits per heavy atom. The second-order valence-corrected chi connectivity index (χ2v) is 5.63. The van der Waals surface area contributed by atoms with Crippen molar-refractivity contribution < 1.29 is 19.1 Å². The highest BCUT2D eigenvalue weighted by atomic mass is 16.5. The molecule has 2 fully saturated rings. The van der Waals surface area contributed by atoms with Gasteiger partial charge in [-0.25, -0.2) is 0 Å². The number of nitrogens with zero attached hydrogens (tertiary/aromatic N) is 2. The van der Waals surface area contributed by atoms with E-state index in [0.29, 0.717) is 18.8 Å². The highest BCUT2D eigenvalue weighted by molar-refractivity contribution is 6.02. The molecule has 22 heavy (non-hydrogen) atoms. The second-order valence-electron chi connectivity index (χ2n) is 5.63. The van der Waals surface area contributed by atoms with Gasteiger partial charge in [0.15, 0.2) is 6.10 Å². The Bertz CT molecular complexity index is 579. The molecule has 0 N–H and O–H groups in total. The zero-order valence-electron chi connectivity index (χ0n) is 12.4. The van der Waals surface area contributed by atoms with E-state index in [4.69, 9.17) is 4.74 Å². The van der Waals surface area contributed by atoms with Crippen LogP contribution in [0.5, 0.6) is 5.75 Å². The van der Waals surface area contributed by atoms with Crippen LogP contribution in [0, 0.1) is 0 Å². The number of imide groups is 1. The van der Waals surface area contributed by atoms with Gasteiger partial charge in [0.2, 0.25) is 11.8 Å². The molecular weight excluding hydrogens is 284 g/mol. The van der Waals surface area contributed by atoms with E-state index in [9.17, 15) is 14.4 Å². The molecule has 6 heteroatoms. The summed E-state index contributed by atoms with van der Waals surface area (Å²) in [5, 5.41) is 0. The molecule has 1 aromatic rings. The predicted molar refractivity (Wildman–Crippen MR) is 78.0 cm³/mol. The Hall–Kier alpha value is -2.37. The standard InChI is InChI=1S/C16H18N2O4/c1-11(22-13-5-3-2-4-6-13)16(21)17-9-12(10-17)18-14(19)7-8-15(18)20/h2-6,11-12H,7-10H2,1H3. The van der Waals surface area contributed by atoms with Crippen molar-refractivity contribution in [2.45, 2.75) is 31.9 Å². The fourth-order valence-electron chi connectivity index (χ4n) is 2.81. The molecule has 1 atom stereocenters. The molecule has 0 saturated carbocycles. The number of amides is 3. The number of hydrogen-bond acceptors (Lipinski definition) is 4. The Balaban J connectivity index is 1.53. The first-order chi connectivity index (χ1) is 10.6. The fraction of sp³-hybridized carbons (Fsp3) is 0.438. The summed E-state index contributed by atoms with van der Waals surface area (Å²) in [7, 11) is 0. The number of carbonyl (C=O) groups excluding carboxylic acids is 3. The van der Waals surface area contributed by atoms with Crippen LogP contribution in [0.2, 0.25) is 0 Å². The Morgan fingerprint density at radius 1 is 1.14 bits per heavy atom. The molecule has 0 aliphatic carbocycles. The largest absolute Gasteiger partial charge is 0.481 e. The highest BCUT2D eigenvalue weighted by Gasteiger charge is 2.43. The SMILES string of the molecule is CC(Oc1ccccc1)C(=O)N1CC(N2C(=O)CCC2=O)C1. The first kappa shape index (κ1) is 14.6. The molecule has 0 aromatic heterocycles. The van der Waals surface area contributed by atoms with E-state index >= 15 is 0 Å². The molecule has 2 saturated heterocycles. The van der Waals surface area contributed by atoms with Crippen LogP contribution in [-0.2, 0) is 14.4 Å². The molecule has 2 aliphatic rings. The third-order valence-corrected chi connectivity index (χ3v) is 4.03. The smallest absolute Gasteiger partial charge is 0.263 e. The summed E-state index contributed by atoms with van der Waals surface area (Å²) in [6, 6.07) is 8.99. The van der Waals surface area contributed by atoms with Gasteiger partial charge in [0.1, 0.15) is 5.75 Å². The third-order valence-electron chi connectivity index (χ3n) is 4.03. The quantitative estimate of drug-likeness (QED) is 0.772. The molecule has 1 aromatic carbocycles. The van der Waals surface area contributed by atoms with E-state index in [1.54, 1.807) is 24.0 Å². The lowest BCUT2D eigenvalue weighted by Gasteiger charge is -2.43. The van der Waals surface area contributed by atoms with Crippen molar-refractivity contribution in [2.75, 3.05) is 13.1 Å². The number of rotatable bonds is 4. The minimum atomic E-state index is -0.590. The van der Waals surface area contributed by atoms with E-state index in [1.807, 2.05) is 18.2 Å². The van der Waals surface area contributed by atoms with E-state index in [-0.39, 0.29) is 36.6 Å². The average Bonchev–Trinajstić information content (AvgIpc) is 2.79. The molecule has 0 spiro atoms. The fourth-order valence-corrected chi connectivity index (χ4v) is 2.81. The molecule has 2 heterocycles. The number of hydrogen-bond donors (Lipinski definition) is 0. The average molecular weight is 302 g/mol. The molecule has 6 nitrogen and oxygen atoms in total. The molecule has 3 amide bonds. The first-order valence-electron chi connectivity index (χ1n) is 7.41. The normalized spacial score (nSPS) is 20.0. The van der Waals surface area contributed by atoms with Crippen LogP contribution in [0.1, 0.15) is 19.8 Å². The first-order valence-corrected chi connectivity index (χ1v) is 7.41. The highest BCUT2D eigenvalue weighted by Crippen LogP contribution is 2.23. The minimum absolute atomic E-state index is 0.126. The van der Waals surface area contributed by atoms with Gasteiger partial charge < -0.3 is 9.64 Å². The monoisotopic (exact) mass is 302 g/mol. The van der Waals surface area contributed by atoms with Gasteiger partial charge in [0.05, 0.1) is 6.04 Å². The maximum absolute atomic E-state index is 12.3. The van der Waals surface area contributed by atoms with Gasteiger partial charge in [-0.1, -0.05) is 18.2 Å². The zero-order valence-corrected chi connectivity index (χ0v) is 12.4. The Kier molecular flexibility index (Phi) is 3.83. The van der Waals surface area contributed by atoms with Crippen LogP contribution in [0.3, 0.4) is 0 Å². The van der Waals surface area contributed by atoms with E-state index < -0.39 is 6.10 Å². The molecule has 2 aliphatic heterocycles. The van der Waals surface area contributed by atoms with Gasteiger partial charge in [0.25, 0.3) is 5.91 Å². The maximum Gasteiger partial charge on any atom is 0.263 e. The van der Waals surface area contributed by atoms with Crippen LogP contribution in [0.15, 0.2) is 30.3 Å². The maximum atomic E-state index is 12.3. The zero-order chi connectivity index (χ0) is 15.7. The number of likely N-dealkylation sites (tertiary alicyclic amines) is 2. The van der Waals surface area contributed by atoms with E-state index in [2.05, 4.69) is 0 Å². The summed E-state index contributed by atoms with van der Waals surface area (Å²) in [6.07, 6.45) is -0.0125. The van der Waals surface area contributed by atoms with Gasteiger partial charge in [-0.05, 0) is 19.1 Å². The lowest BCUT2D eigenvalue weighted by Crippen LogP contribution is -2.63. The lowest BCUT2D eigenvalue weighted by molar-refractivity contribution is -0.154. The van der Waals surface area contributed by atoms with Gasteiger partial charge >= 0.3 is 0 Å². The molecule has 0 bridgehead atoms. The molecule has 116 valence electrons. The third kappa shape index (κ3) is 2.68. The summed E-state index contributed by atoms with van der Waals surface area (Å²) >= 11 is 0. The van der Waals surface area contributed by atoms with Crippen LogP contribution in [-0.4, -0.2) is 52.8 Å². The van der Waals surface area contributed by atoms with Crippen LogP contribution < -0.4 is 4.74 Å². The van der Waals surface area contributed by atoms with Crippen molar-refractivity contribution in [3.63, 3.8) is 0 Å². The Morgan fingerprint density at radius 3 is 2.32 bits per heavy atom. The van der Waals surface area contributed by atoms with Gasteiger partial charge in [-0.15, -0.1) is 0 Å². The number of carbonyl (C=O) groups is 3. The van der Waals surface area contributed by atoms with Crippen molar-refractivity contribution in [1.29, 1.82) is 0 Å². The van der Waals surface area contributed by atoms with Crippen molar-refractivity contribution in [2.24, 2.45) is 0 Å². The van der Waals surface area contributed by atoms with E-state index in [0.717, 1.165) is 0 Å². The van der Waals surface area contributed by atoms with Gasteiger partial charge in [-0.3, -0.25) is 19.3 Å². The summed E-state index contributed by atoms with van der Waals surface area (Å²) < 4.78 is 5.60. The molecular formula is C16H18N2O4. The van der Waals surface area contributed by atoms with Gasteiger partial charge in [-0.2, -0.15) is 0 Å². The summed E-state index contributed by atoms with van der Waals surface area (Å²) in [6.45, 7) is 2.51. The number of para-hydroxylation sites is 1. The summed E-state index contributed by atoms with van der Waals surface area (Å²) in [4.78, 5) is 38.5. The number of benzene rings is 1. The predicted octanol–water partition coefficient (Wildman–Crippen LogP) is 0.814. The van der Waals surface area contributed by atoms with E-state index in [1.165, 1.54) is 4.90 Å². The topological polar surface area (TPSA) is 66.9 Å². The second kappa shape index (κ2) is 5.79. The van der Waals surface area contributed by atoms with Crippen LogP contribution >= 0.6 is 0 Å². The minimum Gasteiger partial charge on any atom is -0.481 e. The van der Waals surface area contributed by atoms with Crippen molar-refractivity contribution >= 4 is 17.7 Å².